The highest BCUT2D eigenvalue weighted by molar-refractivity contribution is 7.89. The van der Waals surface area contributed by atoms with Crippen molar-refractivity contribution in [3.63, 3.8) is 0 Å². The van der Waals surface area contributed by atoms with E-state index in [2.05, 4.69) is 4.98 Å². The average molecular weight is 333 g/mol. The second-order valence-corrected chi connectivity index (χ2v) is 7.67. The van der Waals surface area contributed by atoms with Crippen LogP contribution >= 0.6 is 0 Å². The highest BCUT2D eigenvalue weighted by Gasteiger charge is 2.37. The first-order valence-corrected chi connectivity index (χ1v) is 9.02. The number of nitrogens with zero attached hydrogens (tertiary/aromatic N) is 2. The molecule has 3 rings (SSSR count). The number of aryl methyl sites for hydroxylation is 1. The lowest BCUT2D eigenvalue weighted by molar-refractivity contribution is -0.122. The summed E-state index contributed by atoms with van der Waals surface area (Å²) in [5.74, 6) is -0.595. The van der Waals surface area contributed by atoms with E-state index in [1.165, 1.54) is 4.31 Å². The number of piperidine rings is 1. The molecule has 0 spiro atoms. The Morgan fingerprint density at radius 3 is 2.83 bits per heavy atom. The third-order valence-corrected chi connectivity index (χ3v) is 6.27. The molecule has 122 valence electrons. The van der Waals surface area contributed by atoms with Crippen LogP contribution in [-0.2, 0) is 14.8 Å². The minimum atomic E-state index is -3.81. The van der Waals surface area contributed by atoms with E-state index in [0.717, 1.165) is 18.4 Å². The fraction of sp³-hybridized carbons (Fsp3) is 0.375. The highest BCUT2D eigenvalue weighted by Crippen LogP contribution is 2.30. The zero-order valence-corrected chi connectivity index (χ0v) is 13.7. The molecule has 2 heterocycles. The summed E-state index contributed by atoms with van der Waals surface area (Å²) in [7, 11) is -3.81. The van der Waals surface area contributed by atoms with Crippen LogP contribution in [0.25, 0.3) is 10.9 Å². The minimum Gasteiger partial charge on any atom is -0.368 e. The molecule has 1 aromatic carbocycles. The molecule has 2 aromatic rings. The lowest BCUT2D eigenvalue weighted by Gasteiger charge is -2.32. The molecule has 1 fully saturated rings. The van der Waals surface area contributed by atoms with E-state index >= 15 is 0 Å². The van der Waals surface area contributed by atoms with Crippen molar-refractivity contribution in [3.8, 4) is 0 Å². The van der Waals surface area contributed by atoms with Crippen LogP contribution in [0.3, 0.4) is 0 Å². The number of pyridine rings is 1. The molecule has 7 heteroatoms. The number of primary amides is 1. The summed E-state index contributed by atoms with van der Waals surface area (Å²) in [4.78, 5) is 16.1. The number of carbonyl (C=O) groups excluding carboxylic acids is 1. The maximum Gasteiger partial charge on any atom is 0.244 e. The summed E-state index contributed by atoms with van der Waals surface area (Å²) in [5.41, 5.74) is 6.97. The van der Waals surface area contributed by atoms with Gasteiger partial charge in [-0.15, -0.1) is 0 Å². The van der Waals surface area contributed by atoms with Gasteiger partial charge in [-0.1, -0.05) is 12.5 Å². The van der Waals surface area contributed by atoms with Crippen LogP contribution in [0.1, 0.15) is 24.8 Å². The van der Waals surface area contributed by atoms with Crippen LogP contribution in [-0.4, -0.2) is 36.2 Å². The van der Waals surface area contributed by atoms with Gasteiger partial charge in [-0.2, -0.15) is 4.31 Å². The Labute approximate surface area is 135 Å². The SMILES string of the molecule is Cc1ccc(S(=O)(=O)N2CCCC[C@@H]2C(N)=O)c2cccnc12. The van der Waals surface area contributed by atoms with Crippen molar-refractivity contribution in [1.82, 2.24) is 9.29 Å². The Morgan fingerprint density at radius 2 is 2.09 bits per heavy atom. The van der Waals surface area contributed by atoms with Gasteiger partial charge in [0.2, 0.25) is 15.9 Å². The molecular weight excluding hydrogens is 314 g/mol. The van der Waals surface area contributed by atoms with Gasteiger partial charge in [-0.25, -0.2) is 8.42 Å². The standard InChI is InChI=1S/C16H19N3O3S/c1-11-7-8-14(12-5-4-9-18-15(11)12)23(21,22)19-10-3-2-6-13(19)16(17)20/h4-5,7-9,13H,2-3,6,10H2,1H3,(H2,17,20)/t13-/m1/s1. The topological polar surface area (TPSA) is 93.4 Å². The van der Waals surface area contributed by atoms with E-state index in [-0.39, 0.29) is 4.90 Å². The van der Waals surface area contributed by atoms with Crippen LogP contribution in [0.5, 0.6) is 0 Å². The van der Waals surface area contributed by atoms with Crippen molar-refractivity contribution in [3.05, 3.63) is 36.0 Å². The number of hydrogen-bond acceptors (Lipinski definition) is 4. The molecular formula is C16H19N3O3S. The Bertz CT molecular complexity index is 864. The number of sulfonamides is 1. The lowest BCUT2D eigenvalue weighted by Crippen LogP contribution is -2.50. The van der Waals surface area contributed by atoms with Gasteiger partial charge < -0.3 is 5.73 Å². The number of carbonyl (C=O) groups is 1. The maximum absolute atomic E-state index is 13.1. The van der Waals surface area contributed by atoms with E-state index < -0.39 is 22.0 Å². The van der Waals surface area contributed by atoms with Crippen molar-refractivity contribution in [2.75, 3.05) is 6.54 Å². The van der Waals surface area contributed by atoms with Gasteiger partial charge in [-0.3, -0.25) is 9.78 Å². The van der Waals surface area contributed by atoms with Gasteiger partial charge >= 0.3 is 0 Å². The smallest absolute Gasteiger partial charge is 0.244 e. The molecule has 1 atom stereocenters. The van der Waals surface area contributed by atoms with Crippen LogP contribution in [0.2, 0.25) is 0 Å². The minimum absolute atomic E-state index is 0.180. The zero-order chi connectivity index (χ0) is 16.6. The molecule has 0 saturated carbocycles. The van der Waals surface area contributed by atoms with Gasteiger partial charge in [0.1, 0.15) is 6.04 Å². The predicted octanol–water partition coefficient (Wildman–Crippen LogP) is 1.57. The fourth-order valence-corrected chi connectivity index (χ4v) is 4.97. The quantitative estimate of drug-likeness (QED) is 0.922. The van der Waals surface area contributed by atoms with E-state index in [1.807, 2.05) is 6.92 Å². The zero-order valence-electron chi connectivity index (χ0n) is 12.9. The summed E-state index contributed by atoms with van der Waals surface area (Å²) in [6.07, 6.45) is 3.64. The molecule has 0 unspecified atom stereocenters. The number of rotatable bonds is 3. The van der Waals surface area contributed by atoms with Crippen LogP contribution in [0.15, 0.2) is 35.4 Å². The Balaban J connectivity index is 2.17. The number of hydrogen-bond donors (Lipinski definition) is 1. The summed E-state index contributed by atoms with van der Waals surface area (Å²) in [5, 5.41) is 0.571. The summed E-state index contributed by atoms with van der Waals surface area (Å²) in [6.45, 7) is 2.20. The second-order valence-electron chi connectivity index (χ2n) is 5.81. The van der Waals surface area contributed by atoms with E-state index in [4.69, 9.17) is 5.73 Å². The molecule has 0 aliphatic carbocycles. The summed E-state index contributed by atoms with van der Waals surface area (Å²) in [6, 6.07) is 6.00. The third kappa shape index (κ3) is 2.70. The molecule has 1 aliphatic heterocycles. The molecule has 6 nitrogen and oxygen atoms in total. The second kappa shape index (κ2) is 5.90. The number of benzene rings is 1. The third-order valence-electron chi connectivity index (χ3n) is 4.30. The maximum atomic E-state index is 13.1. The van der Waals surface area contributed by atoms with Crippen molar-refractivity contribution < 1.29 is 13.2 Å². The Kier molecular flexibility index (Phi) is 4.08. The average Bonchev–Trinajstić information content (AvgIpc) is 2.55. The highest BCUT2D eigenvalue weighted by atomic mass is 32.2. The van der Waals surface area contributed by atoms with Gasteiger partial charge in [0.15, 0.2) is 0 Å². The van der Waals surface area contributed by atoms with Gasteiger partial charge in [0, 0.05) is 18.1 Å². The molecule has 0 radical (unpaired) electrons. The van der Waals surface area contributed by atoms with Crippen molar-refractivity contribution in [1.29, 1.82) is 0 Å². The normalized spacial score (nSPS) is 19.8. The molecule has 23 heavy (non-hydrogen) atoms. The molecule has 1 aliphatic rings. The molecule has 0 bridgehead atoms. The molecule has 1 amide bonds. The number of fused-ring (bicyclic) bond motifs is 1. The first-order valence-electron chi connectivity index (χ1n) is 7.58. The molecule has 2 N–H and O–H groups in total. The number of nitrogens with two attached hydrogens (primary N) is 1. The monoisotopic (exact) mass is 333 g/mol. The van der Waals surface area contributed by atoms with Gasteiger partial charge in [0.25, 0.3) is 0 Å². The predicted molar refractivity (Wildman–Crippen MR) is 87.2 cm³/mol. The van der Waals surface area contributed by atoms with Crippen molar-refractivity contribution >= 4 is 26.8 Å². The first kappa shape index (κ1) is 15.9. The fourth-order valence-electron chi connectivity index (χ4n) is 3.12. The van der Waals surface area contributed by atoms with Gasteiger partial charge in [0.05, 0.1) is 10.4 Å². The van der Waals surface area contributed by atoms with Gasteiger partial charge in [-0.05, 0) is 43.5 Å². The van der Waals surface area contributed by atoms with Crippen LogP contribution < -0.4 is 5.73 Å². The molecule has 1 saturated heterocycles. The Morgan fingerprint density at radius 1 is 1.30 bits per heavy atom. The van der Waals surface area contributed by atoms with Crippen LogP contribution in [0, 0.1) is 6.92 Å². The lowest BCUT2D eigenvalue weighted by atomic mass is 10.0. The van der Waals surface area contributed by atoms with Crippen molar-refractivity contribution in [2.45, 2.75) is 37.1 Å². The number of amides is 1. The van der Waals surface area contributed by atoms with Crippen molar-refractivity contribution in [2.24, 2.45) is 5.73 Å². The first-order chi connectivity index (χ1) is 10.9. The van der Waals surface area contributed by atoms with E-state index in [1.54, 1.807) is 30.5 Å². The Hall–Kier alpha value is -1.99. The summed E-state index contributed by atoms with van der Waals surface area (Å²) < 4.78 is 27.5. The van der Waals surface area contributed by atoms with E-state index in [0.29, 0.717) is 23.9 Å². The largest absolute Gasteiger partial charge is 0.368 e. The van der Waals surface area contributed by atoms with Crippen LogP contribution in [0.4, 0.5) is 0 Å². The van der Waals surface area contributed by atoms with E-state index in [9.17, 15) is 13.2 Å². The molecule has 1 aromatic heterocycles. The number of aromatic nitrogens is 1. The summed E-state index contributed by atoms with van der Waals surface area (Å²) >= 11 is 0.